The van der Waals surface area contributed by atoms with Crippen molar-refractivity contribution in [3.63, 3.8) is 0 Å². The normalized spacial score (nSPS) is 9.44. The molecule has 2 heteroatoms. The Bertz CT molecular complexity index is 500. The smallest absolute Gasteiger partial charge is 0.138 e. The van der Waals surface area contributed by atoms with Gasteiger partial charge in [0.2, 0.25) is 0 Å². The summed E-state index contributed by atoms with van der Waals surface area (Å²) in [4.78, 5) is 0. The molecule has 2 nitrogen and oxygen atoms in total. The molecule has 0 unspecified atom stereocenters. The van der Waals surface area contributed by atoms with E-state index in [0.29, 0.717) is 17.9 Å². The molecule has 0 heterocycles. The number of nitrogens with zero attached hydrogens (tertiary/aromatic N) is 1. The van der Waals surface area contributed by atoms with Gasteiger partial charge in [-0.05, 0) is 23.8 Å². The Balaban J connectivity index is 2.09. The second-order valence-electron chi connectivity index (χ2n) is 3.31. The fraction of sp³-hybridized carbons (Fsp3) is 0.0714. The average molecular weight is 208 g/mol. The largest absolute Gasteiger partial charge is 0.488 e. The third-order valence-corrected chi connectivity index (χ3v) is 2.18. The van der Waals surface area contributed by atoms with E-state index in [4.69, 9.17) is 10.00 Å². The molecule has 0 aliphatic rings. The summed E-state index contributed by atoms with van der Waals surface area (Å²) in [6.45, 7) is 0.466. The lowest BCUT2D eigenvalue weighted by Crippen LogP contribution is -1.96. The molecule has 2 aromatic rings. The van der Waals surface area contributed by atoms with Crippen molar-refractivity contribution in [2.75, 3.05) is 0 Å². The summed E-state index contributed by atoms with van der Waals surface area (Å²) >= 11 is 0. The second-order valence-corrected chi connectivity index (χ2v) is 3.31. The van der Waals surface area contributed by atoms with Crippen LogP contribution in [0, 0.1) is 17.4 Å². The van der Waals surface area contributed by atoms with E-state index in [1.807, 2.05) is 30.3 Å². The van der Waals surface area contributed by atoms with Crippen LogP contribution < -0.4 is 4.74 Å². The molecule has 2 rings (SSSR count). The van der Waals surface area contributed by atoms with Gasteiger partial charge in [-0.2, -0.15) is 5.26 Å². The van der Waals surface area contributed by atoms with Gasteiger partial charge in [0.25, 0.3) is 0 Å². The summed E-state index contributed by atoms with van der Waals surface area (Å²) in [6, 6.07) is 19.9. The van der Waals surface area contributed by atoms with Crippen molar-refractivity contribution >= 4 is 0 Å². The van der Waals surface area contributed by atoms with Gasteiger partial charge in [-0.25, -0.2) is 0 Å². The third kappa shape index (κ3) is 2.40. The van der Waals surface area contributed by atoms with Crippen molar-refractivity contribution in [1.82, 2.24) is 0 Å². The van der Waals surface area contributed by atoms with Crippen molar-refractivity contribution in [3.05, 3.63) is 65.7 Å². The Morgan fingerprint density at radius 3 is 2.75 bits per heavy atom. The van der Waals surface area contributed by atoms with Gasteiger partial charge in [0.1, 0.15) is 18.4 Å². The van der Waals surface area contributed by atoms with Gasteiger partial charge in [0.05, 0.1) is 5.56 Å². The minimum absolute atomic E-state index is 0.466. The lowest BCUT2D eigenvalue weighted by Gasteiger charge is -2.06. The topological polar surface area (TPSA) is 33.0 Å². The molecule has 77 valence electrons. The van der Waals surface area contributed by atoms with Crippen LogP contribution in [0.5, 0.6) is 5.75 Å². The van der Waals surface area contributed by atoms with E-state index in [1.54, 1.807) is 18.2 Å². The standard InChI is InChI=1S/C14H10NO/c15-10-13-8-4-5-9-14(13)16-11-12-6-2-1-3-7-12/h1-4,6-9H,11H2. The van der Waals surface area contributed by atoms with Gasteiger partial charge >= 0.3 is 0 Å². The van der Waals surface area contributed by atoms with Gasteiger partial charge < -0.3 is 4.74 Å². The first-order valence-corrected chi connectivity index (χ1v) is 4.97. The predicted octanol–water partition coefficient (Wildman–Crippen LogP) is 2.94. The van der Waals surface area contributed by atoms with Gasteiger partial charge in [0.15, 0.2) is 0 Å². The molecule has 0 fully saturated rings. The van der Waals surface area contributed by atoms with Gasteiger partial charge in [-0.3, -0.25) is 0 Å². The van der Waals surface area contributed by atoms with E-state index in [0.717, 1.165) is 5.56 Å². The first-order chi connectivity index (χ1) is 7.90. The monoisotopic (exact) mass is 208 g/mol. The summed E-state index contributed by atoms with van der Waals surface area (Å²) in [6.07, 6.45) is 0. The molecular formula is C14H10NO. The molecule has 0 aliphatic heterocycles. The molecule has 16 heavy (non-hydrogen) atoms. The Kier molecular flexibility index (Phi) is 3.20. The van der Waals surface area contributed by atoms with E-state index >= 15 is 0 Å². The minimum Gasteiger partial charge on any atom is -0.488 e. The Labute approximate surface area is 94.7 Å². The molecule has 0 atom stereocenters. The van der Waals surface area contributed by atoms with Crippen LogP contribution in [0.2, 0.25) is 0 Å². The first kappa shape index (κ1) is 10.3. The zero-order chi connectivity index (χ0) is 11.2. The predicted molar refractivity (Wildman–Crippen MR) is 60.8 cm³/mol. The van der Waals surface area contributed by atoms with Gasteiger partial charge in [-0.15, -0.1) is 0 Å². The fourth-order valence-electron chi connectivity index (χ4n) is 1.36. The van der Waals surface area contributed by atoms with Crippen molar-refractivity contribution in [3.8, 4) is 11.8 Å². The molecule has 0 saturated carbocycles. The first-order valence-electron chi connectivity index (χ1n) is 4.97. The molecule has 0 aliphatic carbocycles. The molecule has 0 amide bonds. The lowest BCUT2D eigenvalue weighted by molar-refractivity contribution is 0.305. The van der Waals surface area contributed by atoms with Crippen LogP contribution in [0.3, 0.4) is 0 Å². The van der Waals surface area contributed by atoms with Crippen molar-refractivity contribution in [2.45, 2.75) is 6.61 Å². The van der Waals surface area contributed by atoms with Crippen molar-refractivity contribution in [2.24, 2.45) is 0 Å². The molecular weight excluding hydrogens is 198 g/mol. The zero-order valence-corrected chi connectivity index (χ0v) is 8.68. The lowest BCUT2D eigenvalue weighted by atomic mass is 10.2. The summed E-state index contributed by atoms with van der Waals surface area (Å²) < 4.78 is 5.56. The van der Waals surface area contributed by atoms with Crippen LogP contribution >= 0.6 is 0 Å². The number of benzene rings is 2. The highest BCUT2D eigenvalue weighted by molar-refractivity contribution is 5.42. The molecule has 0 spiro atoms. The number of nitriles is 1. The average Bonchev–Trinajstić information content (AvgIpc) is 2.38. The van der Waals surface area contributed by atoms with E-state index in [-0.39, 0.29) is 0 Å². The van der Waals surface area contributed by atoms with Crippen LogP contribution in [0.4, 0.5) is 0 Å². The van der Waals surface area contributed by atoms with E-state index < -0.39 is 0 Å². The number of hydrogen-bond acceptors (Lipinski definition) is 2. The Morgan fingerprint density at radius 2 is 2.00 bits per heavy atom. The van der Waals surface area contributed by atoms with Crippen molar-refractivity contribution in [1.29, 1.82) is 5.26 Å². The van der Waals surface area contributed by atoms with E-state index in [9.17, 15) is 0 Å². The van der Waals surface area contributed by atoms with Crippen LogP contribution in [0.15, 0.2) is 48.5 Å². The van der Waals surface area contributed by atoms with Crippen LogP contribution in [-0.2, 0) is 6.61 Å². The Hall–Kier alpha value is -2.27. The molecule has 0 saturated heterocycles. The van der Waals surface area contributed by atoms with Crippen LogP contribution in [0.1, 0.15) is 11.1 Å². The summed E-state index contributed by atoms with van der Waals surface area (Å²) in [7, 11) is 0. The molecule has 0 bridgehead atoms. The van der Waals surface area contributed by atoms with Crippen LogP contribution in [-0.4, -0.2) is 0 Å². The fourth-order valence-corrected chi connectivity index (χ4v) is 1.36. The molecule has 0 aromatic heterocycles. The van der Waals surface area contributed by atoms with Crippen LogP contribution in [0.25, 0.3) is 0 Å². The highest BCUT2D eigenvalue weighted by Gasteiger charge is 2.01. The molecule has 0 N–H and O–H groups in total. The Morgan fingerprint density at radius 1 is 1.19 bits per heavy atom. The SMILES string of the molecule is N#Cc1cc[c]cc1OCc1ccccc1. The minimum atomic E-state index is 0.466. The summed E-state index contributed by atoms with van der Waals surface area (Å²) in [5, 5.41) is 8.87. The maximum Gasteiger partial charge on any atom is 0.138 e. The van der Waals surface area contributed by atoms with E-state index in [1.165, 1.54) is 0 Å². The summed E-state index contributed by atoms with van der Waals surface area (Å²) in [5.41, 5.74) is 1.62. The third-order valence-electron chi connectivity index (χ3n) is 2.18. The highest BCUT2D eigenvalue weighted by Crippen LogP contribution is 2.17. The van der Waals surface area contributed by atoms with E-state index in [2.05, 4.69) is 12.1 Å². The van der Waals surface area contributed by atoms with Crippen molar-refractivity contribution < 1.29 is 4.74 Å². The molecule has 1 radical (unpaired) electrons. The number of ether oxygens (including phenoxy) is 1. The van der Waals surface area contributed by atoms with Gasteiger partial charge in [0, 0.05) is 0 Å². The maximum atomic E-state index is 8.87. The highest BCUT2D eigenvalue weighted by atomic mass is 16.5. The molecule has 2 aromatic carbocycles. The number of hydrogen-bond donors (Lipinski definition) is 0. The summed E-state index contributed by atoms with van der Waals surface area (Å²) in [5.74, 6) is 0.578. The quantitative estimate of drug-likeness (QED) is 0.776. The van der Waals surface area contributed by atoms with Gasteiger partial charge in [-0.1, -0.05) is 36.4 Å². The zero-order valence-electron chi connectivity index (χ0n) is 8.68. The number of rotatable bonds is 3. The second kappa shape index (κ2) is 4.99. The maximum absolute atomic E-state index is 8.87.